The molecule has 1 aliphatic heterocycles. The van der Waals surface area contributed by atoms with Gasteiger partial charge in [-0.15, -0.1) is 0 Å². The highest BCUT2D eigenvalue weighted by Gasteiger charge is 2.33. The molecule has 0 radical (unpaired) electrons. The van der Waals surface area contributed by atoms with Crippen LogP contribution >= 0.6 is 0 Å². The monoisotopic (exact) mass is 299 g/mol. The van der Waals surface area contributed by atoms with Gasteiger partial charge in [-0.3, -0.25) is 24.6 Å². The highest BCUT2D eigenvalue weighted by Crippen LogP contribution is 2.27. The quantitative estimate of drug-likeness (QED) is 0.518. The summed E-state index contributed by atoms with van der Waals surface area (Å²) in [5, 5.41) is 12.9. The van der Waals surface area contributed by atoms with E-state index >= 15 is 0 Å². The Hall–Kier alpha value is -2.58. The Balaban J connectivity index is 2.26. The fourth-order valence-corrected chi connectivity index (χ4v) is 2.03. The highest BCUT2D eigenvalue weighted by molar-refractivity contribution is 6.01. The Morgan fingerprint density at radius 2 is 1.90 bits per heavy atom. The van der Waals surface area contributed by atoms with Crippen molar-refractivity contribution in [3.63, 3.8) is 0 Å². The Labute approximate surface area is 117 Å². The van der Waals surface area contributed by atoms with Gasteiger partial charge in [0.05, 0.1) is 17.1 Å². The first-order chi connectivity index (χ1) is 9.81. The van der Waals surface area contributed by atoms with Gasteiger partial charge in [0.25, 0.3) is 11.6 Å². The third kappa shape index (κ3) is 2.81. The molecule has 1 aromatic rings. The van der Waals surface area contributed by atoms with Gasteiger partial charge in [0.1, 0.15) is 11.7 Å². The molecule has 1 unspecified atom stereocenters. The van der Waals surface area contributed by atoms with Crippen LogP contribution in [0.1, 0.15) is 12.8 Å². The van der Waals surface area contributed by atoms with Gasteiger partial charge in [-0.2, -0.15) is 0 Å². The summed E-state index contributed by atoms with van der Waals surface area (Å²) in [4.78, 5) is 33.6. The van der Waals surface area contributed by atoms with Gasteiger partial charge in [0, 0.05) is 13.5 Å². The average Bonchev–Trinajstić information content (AvgIpc) is 2.42. The van der Waals surface area contributed by atoms with Gasteiger partial charge in [0.2, 0.25) is 5.91 Å². The molecule has 0 bridgehead atoms. The van der Waals surface area contributed by atoms with Gasteiger partial charge in [-0.25, -0.2) is 8.78 Å². The van der Waals surface area contributed by atoms with Gasteiger partial charge < -0.3 is 5.32 Å². The molecule has 0 spiro atoms. The summed E-state index contributed by atoms with van der Waals surface area (Å²) >= 11 is 0. The molecule has 112 valence electrons. The molecule has 0 saturated carbocycles. The third-order valence-electron chi connectivity index (χ3n) is 3.21. The second-order valence-electron chi connectivity index (χ2n) is 4.57. The topological polar surface area (TPSA) is 92.6 Å². The standard InChI is InChI=1S/C12H11F2N3O4/c1-16-10(18)3-2-9(12(16)19)15-11-7(13)4-6(17(20)21)5-8(11)14/h4-5,9,15H,2-3H2,1H3. The minimum Gasteiger partial charge on any atom is -0.369 e. The molecule has 1 fully saturated rings. The maximum Gasteiger partial charge on any atom is 0.275 e. The van der Waals surface area contributed by atoms with E-state index in [1.165, 1.54) is 7.05 Å². The Morgan fingerprint density at radius 3 is 2.43 bits per heavy atom. The number of piperidine rings is 1. The molecular formula is C12H11F2N3O4. The summed E-state index contributed by atoms with van der Waals surface area (Å²) in [6.07, 6.45) is 0.161. The van der Waals surface area contributed by atoms with Crippen LogP contribution in [0.25, 0.3) is 0 Å². The number of benzene rings is 1. The zero-order chi connectivity index (χ0) is 15.7. The molecule has 1 N–H and O–H groups in total. The second-order valence-corrected chi connectivity index (χ2v) is 4.57. The van der Waals surface area contributed by atoms with Crippen molar-refractivity contribution in [3.05, 3.63) is 33.9 Å². The first-order valence-corrected chi connectivity index (χ1v) is 6.01. The van der Waals surface area contributed by atoms with Crippen LogP contribution in [-0.4, -0.2) is 34.7 Å². The van der Waals surface area contributed by atoms with Crippen molar-refractivity contribution in [3.8, 4) is 0 Å². The van der Waals surface area contributed by atoms with E-state index in [0.717, 1.165) is 4.90 Å². The van der Waals surface area contributed by atoms with Gasteiger partial charge in [-0.1, -0.05) is 0 Å². The number of nitrogens with one attached hydrogen (secondary N) is 1. The Morgan fingerprint density at radius 1 is 1.33 bits per heavy atom. The molecule has 0 aliphatic carbocycles. The Kier molecular flexibility index (Phi) is 3.83. The number of nitro benzene ring substituents is 1. The number of carbonyl (C=O) groups excluding carboxylic acids is 2. The van der Waals surface area contributed by atoms with E-state index in [4.69, 9.17) is 0 Å². The molecule has 1 aliphatic rings. The zero-order valence-electron chi connectivity index (χ0n) is 10.9. The number of non-ortho nitro benzene ring substituents is 1. The van der Waals surface area contributed by atoms with Crippen LogP contribution in [0, 0.1) is 21.7 Å². The van der Waals surface area contributed by atoms with E-state index < -0.39 is 39.9 Å². The summed E-state index contributed by atoms with van der Waals surface area (Å²) in [7, 11) is 1.28. The number of amides is 2. The lowest BCUT2D eigenvalue weighted by atomic mass is 10.0. The smallest absolute Gasteiger partial charge is 0.275 e. The van der Waals surface area contributed by atoms with E-state index in [-0.39, 0.29) is 18.7 Å². The van der Waals surface area contributed by atoms with E-state index in [1.54, 1.807) is 0 Å². The molecule has 2 rings (SSSR count). The molecule has 2 amide bonds. The molecule has 1 aromatic carbocycles. The lowest BCUT2D eigenvalue weighted by molar-refractivity contribution is -0.385. The minimum atomic E-state index is -1.17. The lowest BCUT2D eigenvalue weighted by Crippen LogP contribution is -2.48. The van der Waals surface area contributed by atoms with E-state index in [1.807, 2.05) is 0 Å². The third-order valence-corrected chi connectivity index (χ3v) is 3.21. The lowest BCUT2D eigenvalue weighted by Gasteiger charge is -2.28. The molecular weight excluding hydrogens is 288 g/mol. The van der Waals surface area contributed by atoms with Gasteiger partial charge >= 0.3 is 0 Å². The van der Waals surface area contributed by atoms with E-state index in [0.29, 0.717) is 12.1 Å². The van der Waals surface area contributed by atoms with E-state index in [2.05, 4.69) is 5.32 Å². The minimum absolute atomic E-state index is 0.0656. The summed E-state index contributed by atoms with van der Waals surface area (Å²) in [5.41, 5.74) is -1.35. The SMILES string of the molecule is CN1C(=O)CCC(Nc2c(F)cc([N+](=O)[O-])cc2F)C1=O. The molecule has 9 heteroatoms. The molecule has 0 aromatic heterocycles. The molecule has 1 heterocycles. The molecule has 21 heavy (non-hydrogen) atoms. The van der Waals surface area contributed by atoms with Crippen molar-refractivity contribution >= 4 is 23.2 Å². The van der Waals surface area contributed by atoms with Crippen molar-refractivity contribution in [2.75, 3.05) is 12.4 Å². The number of hydrogen-bond acceptors (Lipinski definition) is 5. The fourth-order valence-electron chi connectivity index (χ4n) is 2.03. The maximum atomic E-state index is 13.7. The number of nitrogens with zero attached hydrogens (tertiary/aromatic N) is 2. The number of halogens is 2. The van der Waals surface area contributed by atoms with Crippen molar-refractivity contribution in [1.82, 2.24) is 4.90 Å². The summed E-state index contributed by atoms with van der Waals surface area (Å²) < 4.78 is 27.5. The number of imide groups is 1. The van der Waals surface area contributed by atoms with Crippen LogP contribution in [0.2, 0.25) is 0 Å². The number of nitro groups is 1. The van der Waals surface area contributed by atoms with Crippen LogP contribution in [0.4, 0.5) is 20.2 Å². The van der Waals surface area contributed by atoms with Crippen molar-refractivity contribution in [1.29, 1.82) is 0 Å². The average molecular weight is 299 g/mol. The number of anilines is 1. The van der Waals surface area contributed by atoms with Crippen LogP contribution in [0.5, 0.6) is 0 Å². The van der Waals surface area contributed by atoms with E-state index in [9.17, 15) is 28.5 Å². The first-order valence-electron chi connectivity index (χ1n) is 6.01. The summed E-state index contributed by atoms with van der Waals surface area (Å²) in [6, 6.07) is 0.166. The van der Waals surface area contributed by atoms with Crippen molar-refractivity contribution < 1.29 is 23.3 Å². The predicted molar refractivity (Wildman–Crippen MR) is 67.4 cm³/mol. The highest BCUT2D eigenvalue weighted by atomic mass is 19.1. The van der Waals surface area contributed by atoms with Gasteiger partial charge in [0.15, 0.2) is 11.6 Å². The predicted octanol–water partition coefficient (Wildman–Crippen LogP) is 1.43. The largest absolute Gasteiger partial charge is 0.369 e. The second kappa shape index (κ2) is 5.43. The molecule has 7 nitrogen and oxygen atoms in total. The normalized spacial score (nSPS) is 18.8. The number of likely N-dealkylation sites (tertiary alicyclic amines) is 1. The number of carbonyl (C=O) groups is 2. The van der Waals surface area contributed by atoms with Crippen LogP contribution < -0.4 is 5.32 Å². The number of hydrogen-bond donors (Lipinski definition) is 1. The maximum absolute atomic E-state index is 13.7. The molecule has 1 atom stereocenters. The van der Waals surface area contributed by atoms with Gasteiger partial charge in [-0.05, 0) is 6.42 Å². The van der Waals surface area contributed by atoms with Crippen LogP contribution in [0.3, 0.4) is 0 Å². The van der Waals surface area contributed by atoms with Crippen LogP contribution in [-0.2, 0) is 9.59 Å². The fraction of sp³-hybridized carbons (Fsp3) is 0.333. The summed E-state index contributed by atoms with van der Waals surface area (Å²) in [6.45, 7) is 0. The van der Waals surface area contributed by atoms with Crippen molar-refractivity contribution in [2.24, 2.45) is 0 Å². The Bertz CT molecular complexity index is 612. The number of likely N-dealkylation sites (N-methyl/N-ethyl adjacent to an activating group) is 1. The summed E-state index contributed by atoms with van der Waals surface area (Å²) in [5.74, 6) is -3.32. The zero-order valence-corrected chi connectivity index (χ0v) is 10.9. The molecule has 1 saturated heterocycles. The van der Waals surface area contributed by atoms with Crippen molar-refractivity contribution in [2.45, 2.75) is 18.9 Å². The number of rotatable bonds is 3. The van der Waals surface area contributed by atoms with Crippen LogP contribution in [0.15, 0.2) is 12.1 Å². The first kappa shape index (κ1) is 14.8.